The van der Waals surface area contributed by atoms with Gasteiger partial charge in [-0.2, -0.15) is 0 Å². The number of unbranched alkanes of at least 4 members (excludes halogenated alkanes) is 15. The molecular formula is C26H58IP2+. The third kappa shape index (κ3) is 21.2. The first-order valence-corrected chi connectivity index (χ1v) is 17.7. The van der Waals surface area contributed by atoms with Gasteiger partial charge < -0.3 is 0 Å². The Balaban J connectivity index is 0. The van der Waals surface area contributed by atoms with Crippen LogP contribution >= 0.6 is 39.2 Å². The first-order chi connectivity index (χ1) is 13.7. The summed E-state index contributed by atoms with van der Waals surface area (Å²) in [6.45, 7) is 8.83. The maximum Gasteiger partial charge on any atom is 0.0614 e. The van der Waals surface area contributed by atoms with Crippen molar-refractivity contribution < 1.29 is 0 Å². The van der Waals surface area contributed by atoms with Crippen LogP contribution in [0.2, 0.25) is 0 Å². The molecule has 0 saturated heterocycles. The molecule has 0 saturated carbocycles. The molecule has 29 heavy (non-hydrogen) atoms. The summed E-state index contributed by atoms with van der Waals surface area (Å²) in [5.74, 6) is 0. The molecule has 0 aromatic carbocycles. The maximum absolute atomic E-state index is 2.47. The highest BCUT2D eigenvalue weighted by molar-refractivity contribution is 14.0. The molecule has 0 aromatic rings. The zero-order chi connectivity index (χ0) is 20.8. The summed E-state index contributed by atoms with van der Waals surface area (Å²) in [7, 11) is 1.32. The molecule has 0 aliphatic carbocycles. The number of rotatable bonds is 23. The predicted octanol–water partition coefficient (Wildman–Crippen LogP) is 11.3. The van der Waals surface area contributed by atoms with Gasteiger partial charge in [-0.15, -0.1) is 24.0 Å². The third-order valence-electron chi connectivity index (χ3n) is 6.31. The monoisotopic (exact) mass is 559 g/mol. The maximum atomic E-state index is 2.47. The number of hydrogen-bond donors (Lipinski definition) is 0. The van der Waals surface area contributed by atoms with Gasteiger partial charge in [0.15, 0.2) is 0 Å². The van der Waals surface area contributed by atoms with E-state index in [1.807, 2.05) is 0 Å². The van der Waals surface area contributed by atoms with Crippen molar-refractivity contribution in [1.82, 2.24) is 0 Å². The summed E-state index contributed by atoms with van der Waals surface area (Å²) in [6, 6.07) is 0. The first kappa shape index (κ1) is 32.8. The van der Waals surface area contributed by atoms with Crippen molar-refractivity contribution in [3.05, 3.63) is 0 Å². The lowest BCUT2D eigenvalue weighted by atomic mass is 10.1. The summed E-state index contributed by atoms with van der Waals surface area (Å²) >= 11 is 0. The predicted molar refractivity (Wildman–Crippen MR) is 156 cm³/mol. The van der Waals surface area contributed by atoms with Gasteiger partial charge in [0.05, 0.1) is 18.5 Å². The lowest BCUT2D eigenvalue weighted by molar-refractivity contribution is 0.617. The summed E-state index contributed by atoms with van der Waals surface area (Å²) in [6.07, 6.45) is 33.0. The van der Waals surface area contributed by atoms with Gasteiger partial charge in [-0.3, -0.25) is 0 Å². The van der Waals surface area contributed by atoms with Gasteiger partial charge in [0, 0.05) is 15.2 Å². The molecule has 0 fully saturated rings. The molecule has 1 atom stereocenters. The molecule has 0 nitrogen and oxygen atoms in total. The minimum Gasteiger partial charge on any atom is -0.107 e. The van der Waals surface area contributed by atoms with Crippen molar-refractivity contribution in [2.75, 3.05) is 24.6 Å². The molecule has 0 spiro atoms. The Bertz CT molecular complexity index is 256. The highest BCUT2D eigenvalue weighted by atomic mass is 127. The molecule has 0 heterocycles. The number of halogens is 1. The van der Waals surface area contributed by atoms with Crippen LogP contribution in [0.5, 0.6) is 0 Å². The van der Waals surface area contributed by atoms with Crippen molar-refractivity contribution in [2.45, 2.75) is 143 Å². The summed E-state index contributed by atoms with van der Waals surface area (Å²) < 4.78 is 0. The van der Waals surface area contributed by atoms with E-state index >= 15 is 0 Å². The lowest BCUT2D eigenvalue weighted by Gasteiger charge is -2.27. The van der Waals surface area contributed by atoms with Crippen molar-refractivity contribution in [3.8, 4) is 0 Å². The van der Waals surface area contributed by atoms with E-state index in [0.29, 0.717) is 0 Å². The molecule has 0 N–H and O–H groups in total. The molecule has 1 unspecified atom stereocenters. The molecule has 0 aliphatic heterocycles. The minimum atomic E-state index is -0.635. The molecule has 0 amide bonds. The van der Waals surface area contributed by atoms with E-state index in [2.05, 4.69) is 27.7 Å². The molecule has 178 valence electrons. The van der Waals surface area contributed by atoms with Gasteiger partial charge in [0.25, 0.3) is 0 Å². The van der Waals surface area contributed by atoms with E-state index in [1.165, 1.54) is 111 Å². The largest absolute Gasteiger partial charge is 0.107 e. The second-order valence-electron chi connectivity index (χ2n) is 9.13. The highest BCUT2D eigenvalue weighted by Gasteiger charge is 2.34. The quantitative estimate of drug-likeness (QED) is 0.0664. The van der Waals surface area contributed by atoms with Gasteiger partial charge in [-0.05, 0) is 44.7 Å². The molecule has 0 bridgehead atoms. The van der Waals surface area contributed by atoms with Gasteiger partial charge in [-0.1, -0.05) is 105 Å². The Morgan fingerprint density at radius 1 is 0.414 bits per heavy atom. The minimum absolute atomic E-state index is 0. The van der Waals surface area contributed by atoms with E-state index in [-0.39, 0.29) is 24.0 Å². The average Bonchev–Trinajstić information content (AvgIpc) is 2.70. The van der Waals surface area contributed by atoms with Crippen LogP contribution in [0, 0.1) is 0 Å². The van der Waals surface area contributed by atoms with Crippen molar-refractivity contribution in [1.29, 1.82) is 0 Å². The standard InChI is InChI=1S/C26H57P2.HI/c1-5-9-12-15-18-21-24-28(27-8-4,25-22-19-16-13-10-6-2)26-23-20-17-14-11-7-3;/h27H,5-26H2,1-4H3;1H/q+1;. The van der Waals surface area contributed by atoms with Gasteiger partial charge in [0.2, 0.25) is 0 Å². The zero-order valence-corrected chi connectivity index (χ0v) is 25.1. The summed E-state index contributed by atoms with van der Waals surface area (Å²) in [4.78, 5) is 0. The topological polar surface area (TPSA) is 0 Å². The fraction of sp³-hybridized carbons (Fsp3) is 1.00. The fourth-order valence-electron chi connectivity index (χ4n) is 4.49. The highest BCUT2D eigenvalue weighted by Crippen LogP contribution is 2.75. The van der Waals surface area contributed by atoms with Gasteiger partial charge >= 0.3 is 0 Å². The molecule has 3 heteroatoms. The third-order valence-corrected chi connectivity index (χ3v) is 15.8. The van der Waals surface area contributed by atoms with Gasteiger partial charge in [0.1, 0.15) is 0 Å². The van der Waals surface area contributed by atoms with Gasteiger partial charge in [-0.25, -0.2) is 0 Å². The Kier molecular flexibility index (Phi) is 29.2. The molecule has 0 radical (unpaired) electrons. The zero-order valence-electron chi connectivity index (χ0n) is 20.9. The fourth-order valence-corrected chi connectivity index (χ4v) is 13.7. The average molecular weight is 560 g/mol. The molecule has 0 aliphatic rings. The summed E-state index contributed by atoms with van der Waals surface area (Å²) in [5.41, 5.74) is 0. The molecule has 0 aromatic heterocycles. The van der Waals surface area contributed by atoms with E-state index in [4.69, 9.17) is 0 Å². The van der Waals surface area contributed by atoms with Crippen LogP contribution < -0.4 is 0 Å². The Hall–Kier alpha value is 1.59. The molecular weight excluding hydrogens is 501 g/mol. The van der Waals surface area contributed by atoms with E-state index in [1.54, 1.807) is 37.7 Å². The smallest absolute Gasteiger partial charge is 0.0614 e. The Labute approximate surface area is 206 Å². The van der Waals surface area contributed by atoms with Crippen LogP contribution in [0.1, 0.15) is 143 Å². The van der Waals surface area contributed by atoms with Crippen molar-refractivity contribution in [2.24, 2.45) is 0 Å². The van der Waals surface area contributed by atoms with E-state index in [9.17, 15) is 0 Å². The Morgan fingerprint density at radius 3 is 0.966 bits per heavy atom. The van der Waals surface area contributed by atoms with E-state index in [0.717, 1.165) is 0 Å². The second-order valence-corrected chi connectivity index (χ2v) is 17.6. The summed E-state index contributed by atoms with van der Waals surface area (Å²) in [5, 5.41) is 0. The number of hydrogen-bond acceptors (Lipinski definition) is 0. The van der Waals surface area contributed by atoms with Crippen LogP contribution in [-0.4, -0.2) is 24.6 Å². The van der Waals surface area contributed by atoms with E-state index < -0.39 is 6.95 Å². The normalized spacial score (nSPS) is 12.0. The van der Waals surface area contributed by atoms with Crippen molar-refractivity contribution in [3.63, 3.8) is 0 Å². The SMILES string of the molecule is CCCCCCCC[P+](CCCCCCCC)(CCCCCCCC)PCC.I. The first-order valence-electron chi connectivity index (χ1n) is 13.4. The Morgan fingerprint density at radius 2 is 0.690 bits per heavy atom. The van der Waals surface area contributed by atoms with Crippen molar-refractivity contribution >= 4 is 39.2 Å². The molecule has 0 rings (SSSR count). The van der Waals surface area contributed by atoms with Crippen LogP contribution in [0.4, 0.5) is 0 Å². The van der Waals surface area contributed by atoms with Crippen LogP contribution in [0.25, 0.3) is 0 Å². The van der Waals surface area contributed by atoms with Crippen LogP contribution in [-0.2, 0) is 0 Å². The van der Waals surface area contributed by atoms with Crippen LogP contribution in [0.3, 0.4) is 0 Å². The lowest BCUT2D eigenvalue weighted by Crippen LogP contribution is -2.06. The van der Waals surface area contributed by atoms with Crippen LogP contribution in [0.15, 0.2) is 0 Å². The second kappa shape index (κ2) is 25.8.